The fourth-order valence-electron chi connectivity index (χ4n) is 1.93. The van der Waals surface area contributed by atoms with Crippen molar-refractivity contribution in [3.63, 3.8) is 0 Å². The number of carbonyl (C=O) groups is 2. The number of hydrogen-bond acceptors (Lipinski definition) is 2. The number of aliphatic carboxylic acids is 1. The molecule has 2 N–H and O–H groups in total. The lowest BCUT2D eigenvalue weighted by Gasteiger charge is -2.11. The standard InChI is InChI=1S/C14H17NO3/c1-10-4-2-3-5-11(10)8-12(16)15-9-14(6-7-14)13(17)18/h2-5H,6-9H2,1H3,(H,15,16)(H,17,18). The Balaban J connectivity index is 1.87. The molecule has 0 bridgehead atoms. The number of aryl methyl sites for hydroxylation is 1. The molecule has 0 radical (unpaired) electrons. The first-order valence-electron chi connectivity index (χ1n) is 6.08. The predicted octanol–water partition coefficient (Wildman–Crippen LogP) is 1.52. The normalized spacial score (nSPS) is 16.1. The van der Waals surface area contributed by atoms with Crippen LogP contribution in [-0.2, 0) is 16.0 Å². The largest absolute Gasteiger partial charge is 0.481 e. The third-order valence-electron chi connectivity index (χ3n) is 3.54. The lowest BCUT2D eigenvalue weighted by atomic mass is 10.0. The average Bonchev–Trinajstić information content (AvgIpc) is 3.11. The van der Waals surface area contributed by atoms with Crippen molar-refractivity contribution in [2.75, 3.05) is 6.54 Å². The van der Waals surface area contributed by atoms with Gasteiger partial charge in [-0.3, -0.25) is 9.59 Å². The molecule has 0 unspecified atom stereocenters. The van der Waals surface area contributed by atoms with Crippen molar-refractivity contribution in [2.24, 2.45) is 5.41 Å². The molecule has 1 saturated carbocycles. The maximum absolute atomic E-state index is 11.8. The third-order valence-corrected chi connectivity index (χ3v) is 3.54. The highest BCUT2D eigenvalue weighted by molar-refractivity contribution is 5.82. The van der Waals surface area contributed by atoms with E-state index in [1.807, 2.05) is 31.2 Å². The Morgan fingerprint density at radius 1 is 1.33 bits per heavy atom. The highest BCUT2D eigenvalue weighted by Gasteiger charge is 2.50. The minimum atomic E-state index is -0.807. The van der Waals surface area contributed by atoms with Gasteiger partial charge in [0.15, 0.2) is 0 Å². The summed E-state index contributed by atoms with van der Waals surface area (Å²) in [5.41, 5.74) is 1.36. The van der Waals surface area contributed by atoms with Crippen LogP contribution in [0.15, 0.2) is 24.3 Å². The zero-order valence-corrected chi connectivity index (χ0v) is 10.4. The van der Waals surface area contributed by atoms with Gasteiger partial charge in [0.1, 0.15) is 0 Å². The van der Waals surface area contributed by atoms with Crippen LogP contribution in [0.1, 0.15) is 24.0 Å². The van der Waals surface area contributed by atoms with Crippen molar-refractivity contribution < 1.29 is 14.7 Å². The van der Waals surface area contributed by atoms with Crippen LogP contribution in [0.4, 0.5) is 0 Å². The molecule has 1 amide bonds. The second-order valence-corrected chi connectivity index (χ2v) is 4.97. The molecular formula is C14H17NO3. The SMILES string of the molecule is Cc1ccccc1CC(=O)NCC1(C(=O)O)CC1. The Bertz CT molecular complexity index is 478. The summed E-state index contributed by atoms with van der Waals surface area (Å²) in [6.07, 6.45) is 1.63. The first-order valence-corrected chi connectivity index (χ1v) is 6.08. The number of carbonyl (C=O) groups excluding carboxylic acids is 1. The van der Waals surface area contributed by atoms with Crippen LogP contribution < -0.4 is 5.32 Å². The van der Waals surface area contributed by atoms with Crippen molar-refractivity contribution in [3.05, 3.63) is 35.4 Å². The zero-order valence-electron chi connectivity index (χ0n) is 10.4. The second kappa shape index (κ2) is 4.80. The van der Waals surface area contributed by atoms with Crippen molar-refractivity contribution in [3.8, 4) is 0 Å². The topological polar surface area (TPSA) is 66.4 Å². The molecule has 0 aliphatic heterocycles. The van der Waals surface area contributed by atoms with Gasteiger partial charge < -0.3 is 10.4 Å². The first-order chi connectivity index (χ1) is 8.53. The van der Waals surface area contributed by atoms with E-state index < -0.39 is 11.4 Å². The predicted molar refractivity (Wildman–Crippen MR) is 67.2 cm³/mol. The number of nitrogens with one attached hydrogen (secondary N) is 1. The van der Waals surface area contributed by atoms with E-state index in [4.69, 9.17) is 5.11 Å². The molecule has 4 heteroatoms. The first kappa shape index (κ1) is 12.6. The van der Waals surface area contributed by atoms with Gasteiger partial charge in [-0.2, -0.15) is 0 Å². The number of amides is 1. The van der Waals surface area contributed by atoms with Crippen LogP contribution in [0.5, 0.6) is 0 Å². The number of rotatable bonds is 5. The molecule has 0 heterocycles. The molecule has 0 saturated heterocycles. The third kappa shape index (κ3) is 2.70. The van der Waals surface area contributed by atoms with E-state index in [-0.39, 0.29) is 12.5 Å². The lowest BCUT2D eigenvalue weighted by molar-refractivity contribution is -0.143. The number of hydrogen-bond donors (Lipinski definition) is 2. The van der Waals surface area contributed by atoms with Crippen molar-refractivity contribution >= 4 is 11.9 Å². The molecule has 96 valence electrons. The second-order valence-electron chi connectivity index (χ2n) is 4.97. The average molecular weight is 247 g/mol. The van der Waals surface area contributed by atoms with Gasteiger partial charge in [-0.25, -0.2) is 0 Å². The van der Waals surface area contributed by atoms with E-state index >= 15 is 0 Å². The maximum Gasteiger partial charge on any atom is 0.311 e. The van der Waals surface area contributed by atoms with Crippen LogP contribution in [0.2, 0.25) is 0 Å². The maximum atomic E-state index is 11.8. The molecule has 0 aromatic heterocycles. The summed E-state index contributed by atoms with van der Waals surface area (Å²) in [6, 6.07) is 7.71. The molecule has 2 rings (SSSR count). The molecular weight excluding hydrogens is 230 g/mol. The molecule has 1 aromatic rings. The van der Waals surface area contributed by atoms with Crippen LogP contribution in [0.3, 0.4) is 0 Å². The van der Waals surface area contributed by atoms with E-state index in [0.717, 1.165) is 11.1 Å². The molecule has 1 aliphatic carbocycles. The Labute approximate surface area is 106 Å². The van der Waals surface area contributed by atoms with Crippen LogP contribution in [-0.4, -0.2) is 23.5 Å². The minimum absolute atomic E-state index is 0.114. The summed E-state index contributed by atoms with van der Waals surface area (Å²) in [5, 5.41) is 11.7. The molecule has 4 nitrogen and oxygen atoms in total. The smallest absolute Gasteiger partial charge is 0.311 e. The molecule has 0 atom stereocenters. The van der Waals surface area contributed by atoms with Crippen LogP contribution in [0, 0.1) is 12.3 Å². The molecule has 1 fully saturated rings. The number of carboxylic acid groups (broad SMARTS) is 1. The summed E-state index contributed by atoms with van der Waals surface area (Å²) < 4.78 is 0. The highest BCUT2D eigenvalue weighted by Crippen LogP contribution is 2.45. The van der Waals surface area contributed by atoms with Crippen LogP contribution in [0.25, 0.3) is 0 Å². The van der Waals surface area contributed by atoms with Crippen molar-refractivity contribution in [1.29, 1.82) is 0 Å². The van der Waals surface area contributed by atoms with Gasteiger partial charge in [0.2, 0.25) is 5.91 Å². The lowest BCUT2D eigenvalue weighted by Crippen LogP contribution is -2.35. The van der Waals surface area contributed by atoms with Gasteiger partial charge in [-0.05, 0) is 30.9 Å². The Morgan fingerprint density at radius 2 is 2.00 bits per heavy atom. The summed E-state index contributed by atoms with van der Waals surface area (Å²) in [4.78, 5) is 22.7. The zero-order chi connectivity index (χ0) is 13.2. The highest BCUT2D eigenvalue weighted by atomic mass is 16.4. The monoisotopic (exact) mass is 247 g/mol. The van der Waals surface area contributed by atoms with Gasteiger partial charge in [-0.15, -0.1) is 0 Å². The Morgan fingerprint density at radius 3 is 2.56 bits per heavy atom. The van der Waals surface area contributed by atoms with Crippen LogP contribution >= 0.6 is 0 Å². The minimum Gasteiger partial charge on any atom is -0.481 e. The molecule has 1 aliphatic rings. The fraction of sp³-hybridized carbons (Fsp3) is 0.429. The Hall–Kier alpha value is -1.84. The van der Waals surface area contributed by atoms with Gasteiger partial charge in [0.25, 0.3) is 0 Å². The molecule has 1 aromatic carbocycles. The number of carboxylic acids is 1. The van der Waals surface area contributed by atoms with Crippen molar-refractivity contribution in [1.82, 2.24) is 5.32 Å². The van der Waals surface area contributed by atoms with E-state index in [9.17, 15) is 9.59 Å². The van der Waals surface area contributed by atoms with Gasteiger partial charge >= 0.3 is 5.97 Å². The van der Waals surface area contributed by atoms with Crippen molar-refractivity contribution in [2.45, 2.75) is 26.2 Å². The molecule has 18 heavy (non-hydrogen) atoms. The van der Waals surface area contributed by atoms with E-state index in [1.165, 1.54) is 0 Å². The van der Waals surface area contributed by atoms with E-state index in [0.29, 0.717) is 19.3 Å². The quantitative estimate of drug-likeness (QED) is 0.829. The van der Waals surface area contributed by atoms with Gasteiger partial charge in [-0.1, -0.05) is 24.3 Å². The van der Waals surface area contributed by atoms with Gasteiger partial charge in [0, 0.05) is 6.54 Å². The summed E-state index contributed by atoms with van der Waals surface area (Å²) in [6.45, 7) is 2.20. The summed E-state index contributed by atoms with van der Waals surface area (Å²) in [5.74, 6) is -0.921. The fourth-order valence-corrected chi connectivity index (χ4v) is 1.93. The summed E-state index contributed by atoms with van der Waals surface area (Å²) >= 11 is 0. The van der Waals surface area contributed by atoms with Gasteiger partial charge in [0.05, 0.1) is 11.8 Å². The summed E-state index contributed by atoms with van der Waals surface area (Å²) in [7, 11) is 0. The van der Waals surface area contributed by atoms with E-state index in [1.54, 1.807) is 0 Å². The Kier molecular flexibility index (Phi) is 3.36. The molecule has 0 spiro atoms. The van der Waals surface area contributed by atoms with E-state index in [2.05, 4.69) is 5.32 Å². The number of benzene rings is 1.